The molecule has 0 spiro atoms. The highest BCUT2D eigenvalue weighted by Crippen LogP contribution is 2.21. The number of nitrogens with zero attached hydrogens (tertiary/aromatic N) is 1. The normalized spacial score (nSPS) is 11.5. The van der Waals surface area contributed by atoms with E-state index in [9.17, 15) is 9.59 Å². The Morgan fingerprint density at radius 3 is 2.25 bits per heavy atom. The summed E-state index contributed by atoms with van der Waals surface area (Å²) in [6.07, 6.45) is -0.766. The number of carbonyl (C=O) groups excluding carboxylic acids is 2. The average Bonchev–Trinajstić information content (AvgIpc) is 2.71. The summed E-state index contributed by atoms with van der Waals surface area (Å²) in [5.41, 5.74) is 6.25. The molecule has 1 unspecified atom stereocenters. The van der Waals surface area contributed by atoms with E-state index in [-0.39, 0.29) is 0 Å². The molecule has 6 nitrogen and oxygen atoms in total. The molecule has 0 saturated carbocycles. The van der Waals surface area contributed by atoms with Crippen LogP contribution in [0.2, 0.25) is 0 Å². The molecular formula is C22H23N3O3. The van der Waals surface area contributed by atoms with Gasteiger partial charge in [0.1, 0.15) is 5.75 Å². The van der Waals surface area contributed by atoms with Crippen LogP contribution in [0.15, 0.2) is 66.7 Å². The molecule has 1 atom stereocenters. The molecule has 0 radical (unpaired) electrons. The van der Waals surface area contributed by atoms with Gasteiger partial charge in [-0.15, -0.1) is 0 Å². The number of amides is 2. The van der Waals surface area contributed by atoms with Crippen LogP contribution in [-0.4, -0.2) is 32.0 Å². The molecule has 0 heterocycles. The molecule has 3 rings (SSSR count). The Hall–Kier alpha value is -3.54. The first-order valence-electron chi connectivity index (χ1n) is 8.97. The number of carbonyl (C=O) groups is 2. The number of hydrogen-bond acceptors (Lipinski definition) is 4. The molecule has 0 aliphatic carbocycles. The van der Waals surface area contributed by atoms with Gasteiger partial charge in [0, 0.05) is 25.3 Å². The Kier molecular flexibility index (Phi) is 5.79. The molecule has 0 aliphatic rings. The molecule has 144 valence electrons. The zero-order valence-corrected chi connectivity index (χ0v) is 16.1. The van der Waals surface area contributed by atoms with Crippen molar-refractivity contribution < 1.29 is 14.3 Å². The van der Waals surface area contributed by atoms with Crippen molar-refractivity contribution in [1.82, 2.24) is 10.9 Å². The number of nitrogens with one attached hydrogen (secondary N) is 2. The van der Waals surface area contributed by atoms with Crippen molar-refractivity contribution in [1.29, 1.82) is 0 Å². The van der Waals surface area contributed by atoms with Gasteiger partial charge in [-0.05, 0) is 54.1 Å². The van der Waals surface area contributed by atoms with Gasteiger partial charge in [-0.1, -0.05) is 30.3 Å². The van der Waals surface area contributed by atoms with E-state index in [4.69, 9.17) is 4.74 Å². The van der Waals surface area contributed by atoms with Gasteiger partial charge in [0.25, 0.3) is 11.8 Å². The van der Waals surface area contributed by atoms with Crippen LogP contribution in [0.4, 0.5) is 5.69 Å². The third kappa shape index (κ3) is 4.59. The lowest BCUT2D eigenvalue weighted by atomic mass is 10.1. The minimum Gasteiger partial charge on any atom is -0.481 e. The molecule has 0 aliphatic heterocycles. The topological polar surface area (TPSA) is 70.7 Å². The third-order valence-electron chi connectivity index (χ3n) is 4.35. The Labute approximate surface area is 164 Å². The zero-order valence-electron chi connectivity index (χ0n) is 16.1. The van der Waals surface area contributed by atoms with Gasteiger partial charge >= 0.3 is 0 Å². The van der Waals surface area contributed by atoms with E-state index in [1.807, 2.05) is 73.6 Å². The van der Waals surface area contributed by atoms with E-state index < -0.39 is 17.9 Å². The molecular weight excluding hydrogens is 354 g/mol. The van der Waals surface area contributed by atoms with Gasteiger partial charge in [-0.2, -0.15) is 0 Å². The van der Waals surface area contributed by atoms with E-state index in [2.05, 4.69) is 10.9 Å². The molecule has 0 bridgehead atoms. The maximum Gasteiger partial charge on any atom is 0.279 e. The molecule has 2 N–H and O–H groups in total. The lowest BCUT2D eigenvalue weighted by molar-refractivity contribution is -0.128. The summed E-state index contributed by atoms with van der Waals surface area (Å²) >= 11 is 0. The van der Waals surface area contributed by atoms with E-state index >= 15 is 0 Å². The van der Waals surface area contributed by atoms with E-state index in [1.165, 1.54) is 0 Å². The van der Waals surface area contributed by atoms with Crippen LogP contribution >= 0.6 is 0 Å². The second-order valence-electron chi connectivity index (χ2n) is 6.65. The van der Waals surface area contributed by atoms with E-state index in [1.54, 1.807) is 19.1 Å². The standard InChI is InChI=1S/C22H23N3O3/c1-15(28-20-13-10-16-6-4-5-7-18(16)14-20)21(26)23-24-22(27)17-8-11-19(12-9-17)25(2)3/h4-15H,1-3H3,(H,23,26)(H,24,27). The Bertz CT molecular complexity index is 984. The van der Waals surface area contributed by atoms with Gasteiger partial charge in [0.05, 0.1) is 0 Å². The fraction of sp³-hybridized carbons (Fsp3) is 0.182. The average molecular weight is 377 g/mol. The van der Waals surface area contributed by atoms with Gasteiger partial charge in [0.2, 0.25) is 0 Å². The summed E-state index contributed by atoms with van der Waals surface area (Å²) < 4.78 is 5.70. The Balaban J connectivity index is 1.55. The first-order valence-corrected chi connectivity index (χ1v) is 8.97. The molecule has 2 amide bonds. The lowest BCUT2D eigenvalue weighted by Crippen LogP contribution is -2.47. The zero-order chi connectivity index (χ0) is 20.1. The molecule has 0 aromatic heterocycles. The number of hydrazine groups is 1. The van der Waals surface area contributed by atoms with Crippen molar-refractivity contribution in [2.75, 3.05) is 19.0 Å². The van der Waals surface area contributed by atoms with Crippen LogP contribution in [0.1, 0.15) is 17.3 Å². The number of anilines is 1. The minimum absolute atomic E-state index is 0.392. The van der Waals surface area contributed by atoms with E-state index in [0.717, 1.165) is 16.5 Å². The van der Waals surface area contributed by atoms with Gasteiger partial charge in [-0.3, -0.25) is 20.4 Å². The van der Waals surface area contributed by atoms with Gasteiger partial charge in [0.15, 0.2) is 6.10 Å². The molecule has 0 saturated heterocycles. The Morgan fingerprint density at radius 2 is 1.57 bits per heavy atom. The summed E-state index contributed by atoms with van der Waals surface area (Å²) in [5, 5.41) is 2.13. The smallest absolute Gasteiger partial charge is 0.279 e. The van der Waals surface area contributed by atoms with Gasteiger partial charge in [-0.25, -0.2) is 0 Å². The molecule has 3 aromatic carbocycles. The monoisotopic (exact) mass is 377 g/mol. The second-order valence-corrected chi connectivity index (χ2v) is 6.65. The summed E-state index contributed by atoms with van der Waals surface area (Å²) in [6.45, 7) is 1.63. The number of ether oxygens (including phenoxy) is 1. The SMILES string of the molecule is CC(Oc1ccc2ccccc2c1)C(=O)NNC(=O)c1ccc(N(C)C)cc1. The maximum atomic E-state index is 12.2. The minimum atomic E-state index is -0.766. The predicted octanol–water partition coefficient (Wildman–Crippen LogP) is 3.13. The number of rotatable bonds is 5. The van der Waals surface area contributed by atoms with Crippen molar-refractivity contribution in [2.24, 2.45) is 0 Å². The first kappa shape index (κ1) is 19.2. The van der Waals surface area contributed by atoms with Crippen LogP contribution in [0, 0.1) is 0 Å². The number of hydrogen-bond donors (Lipinski definition) is 2. The summed E-state index contributed by atoms with van der Waals surface area (Å²) in [7, 11) is 3.85. The molecule has 0 fully saturated rings. The highest BCUT2D eigenvalue weighted by atomic mass is 16.5. The maximum absolute atomic E-state index is 12.2. The van der Waals surface area contributed by atoms with Gasteiger partial charge < -0.3 is 9.64 Å². The molecule has 28 heavy (non-hydrogen) atoms. The van der Waals surface area contributed by atoms with Crippen LogP contribution in [0.5, 0.6) is 5.75 Å². The molecule has 3 aromatic rings. The fourth-order valence-electron chi connectivity index (χ4n) is 2.70. The number of fused-ring (bicyclic) bond motifs is 1. The lowest BCUT2D eigenvalue weighted by Gasteiger charge is -2.16. The van der Waals surface area contributed by atoms with Crippen LogP contribution in [-0.2, 0) is 4.79 Å². The number of benzene rings is 3. The first-order chi connectivity index (χ1) is 13.4. The van der Waals surface area contributed by atoms with Crippen molar-refractivity contribution in [2.45, 2.75) is 13.0 Å². The summed E-state index contributed by atoms with van der Waals surface area (Å²) in [5.74, 6) is -0.241. The quantitative estimate of drug-likeness (QED) is 0.670. The summed E-state index contributed by atoms with van der Waals surface area (Å²) in [4.78, 5) is 26.3. The van der Waals surface area contributed by atoms with E-state index in [0.29, 0.717) is 11.3 Å². The highest BCUT2D eigenvalue weighted by Gasteiger charge is 2.16. The van der Waals surface area contributed by atoms with Crippen molar-refractivity contribution >= 4 is 28.3 Å². The van der Waals surface area contributed by atoms with Crippen molar-refractivity contribution in [3.05, 3.63) is 72.3 Å². The third-order valence-corrected chi connectivity index (χ3v) is 4.35. The molecule has 6 heteroatoms. The largest absolute Gasteiger partial charge is 0.481 e. The second kappa shape index (κ2) is 8.43. The Morgan fingerprint density at radius 1 is 0.893 bits per heavy atom. The van der Waals surface area contributed by atoms with Crippen LogP contribution in [0.3, 0.4) is 0 Å². The van der Waals surface area contributed by atoms with Crippen LogP contribution < -0.4 is 20.5 Å². The fourth-order valence-corrected chi connectivity index (χ4v) is 2.70. The van der Waals surface area contributed by atoms with Crippen molar-refractivity contribution in [3.8, 4) is 5.75 Å². The van der Waals surface area contributed by atoms with Crippen molar-refractivity contribution in [3.63, 3.8) is 0 Å². The summed E-state index contributed by atoms with van der Waals surface area (Å²) in [6, 6.07) is 20.6. The van der Waals surface area contributed by atoms with Crippen LogP contribution in [0.25, 0.3) is 10.8 Å². The highest BCUT2D eigenvalue weighted by molar-refractivity contribution is 5.96. The predicted molar refractivity (Wildman–Crippen MR) is 110 cm³/mol.